The van der Waals surface area contributed by atoms with Crippen LogP contribution in [0.2, 0.25) is 0 Å². The minimum absolute atomic E-state index is 0. The maximum Gasteiger partial charge on any atom is 0.251 e. The molecule has 0 saturated heterocycles. The summed E-state index contributed by atoms with van der Waals surface area (Å²) in [6, 6.07) is 5.35. The van der Waals surface area contributed by atoms with Gasteiger partial charge in [0.15, 0.2) is 11.5 Å². The van der Waals surface area contributed by atoms with Crippen LogP contribution in [0.5, 0.6) is 11.5 Å². The Morgan fingerprint density at radius 2 is 2.00 bits per heavy atom. The molecule has 5 nitrogen and oxygen atoms in total. The predicted molar refractivity (Wildman–Crippen MR) is 95.9 cm³/mol. The van der Waals surface area contributed by atoms with Crippen molar-refractivity contribution in [3.63, 3.8) is 0 Å². The van der Waals surface area contributed by atoms with E-state index in [1.165, 1.54) is 0 Å². The number of nitrogens with one attached hydrogen (secondary N) is 1. The van der Waals surface area contributed by atoms with E-state index in [-0.39, 0.29) is 24.4 Å². The van der Waals surface area contributed by atoms with Crippen LogP contribution in [-0.2, 0) is 0 Å². The summed E-state index contributed by atoms with van der Waals surface area (Å²) in [5.41, 5.74) is 6.24. The summed E-state index contributed by atoms with van der Waals surface area (Å²) < 4.78 is 11.3. The summed E-state index contributed by atoms with van der Waals surface area (Å²) in [5.74, 6) is 1.17. The first-order valence-electron chi connectivity index (χ1n) is 8.01. The highest BCUT2D eigenvalue weighted by Gasteiger charge is 2.11. The molecule has 1 atom stereocenters. The average molecular weight is 345 g/mol. The zero-order valence-corrected chi connectivity index (χ0v) is 15.1. The molecule has 0 aliphatic heterocycles. The van der Waals surface area contributed by atoms with Gasteiger partial charge in [-0.15, -0.1) is 12.4 Å². The van der Waals surface area contributed by atoms with Gasteiger partial charge in [0, 0.05) is 18.2 Å². The van der Waals surface area contributed by atoms with Crippen LogP contribution >= 0.6 is 12.4 Å². The second-order valence-corrected chi connectivity index (χ2v) is 5.32. The summed E-state index contributed by atoms with van der Waals surface area (Å²) in [6.45, 7) is 7.68. The maximum atomic E-state index is 12.1. The number of amides is 1. The first kappa shape index (κ1) is 21.5. The van der Waals surface area contributed by atoms with Crippen molar-refractivity contribution < 1.29 is 14.3 Å². The maximum absolute atomic E-state index is 12.1. The predicted octanol–water partition coefficient (Wildman–Crippen LogP) is 3.15. The van der Waals surface area contributed by atoms with Crippen molar-refractivity contribution in [1.82, 2.24) is 5.32 Å². The first-order valence-corrected chi connectivity index (χ1v) is 8.01. The Kier molecular flexibility index (Phi) is 11.3. The molecule has 0 aliphatic rings. The molecule has 6 heteroatoms. The van der Waals surface area contributed by atoms with E-state index >= 15 is 0 Å². The summed E-state index contributed by atoms with van der Waals surface area (Å²) in [7, 11) is 0. The van der Waals surface area contributed by atoms with Crippen LogP contribution in [-0.4, -0.2) is 31.7 Å². The number of benzene rings is 1. The van der Waals surface area contributed by atoms with Crippen LogP contribution in [0.4, 0.5) is 0 Å². The third-order valence-electron chi connectivity index (χ3n) is 3.15. The molecule has 0 aromatic heterocycles. The highest BCUT2D eigenvalue weighted by atomic mass is 35.5. The van der Waals surface area contributed by atoms with Crippen LogP contribution in [0.15, 0.2) is 18.2 Å². The molecule has 0 saturated carbocycles. The fourth-order valence-electron chi connectivity index (χ4n) is 1.88. The van der Waals surface area contributed by atoms with E-state index in [2.05, 4.69) is 12.2 Å². The SMILES string of the molecule is CCCCOc1ccc(C(=O)NCCC(C)N)cc1OCC.Cl. The molecule has 23 heavy (non-hydrogen) atoms. The summed E-state index contributed by atoms with van der Waals surface area (Å²) in [6.07, 6.45) is 2.82. The Morgan fingerprint density at radius 1 is 1.26 bits per heavy atom. The van der Waals surface area contributed by atoms with Crippen molar-refractivity contribution in [2.45, 2.75) is 46.1 Å². The van der Waals surface area contributed by atoms with E-state index in [1.54, 1.807) is 18.2 Å². The minimum Gasteiger partial charge on any atom is -0.490 e. The Bertz CT molecular complexity index is 467. The lowest BCUT2D eigenvalue weighted by atomic mass is 10.1. The molecule has 3 N–H and O–H groups in total. The lowest BCUT2D eigenvalue weighted by Gasteiger charge is -2.13. The molecule has 1 aromatic rings. The second-order valence-electron chi connectivity index (χ2n) is 5.32. The number of carbonyl (C=O) groups excluding carboxylic acids is 1. The largest absolute Gasteiger partial charge is 0.490 e. The van der Waals surface area contributed by atoms with E-state index in [1.807, 2.05) is 13.8 Å². The minimum atomic E-state index is -0.123. The van der Waals surface area contributed by atoms with E-state index in [4.69, 9.17) is 15.2 Å². The van der Waals surface area contributed by atoms with Gasteiger partial charge < -0.3 is 20.5 Å². The summed E-state index contributed by atoms with van der Waals surface area (Å²) >= 11 is 0. The van der Waals surface area contributed by atoms with Gasteiger partial charge in [-0.25, -0.2) is 0 Å². The highest BCUT2D eigenvalue weighted by molar-refractivity contribution is 5.94. The fraction of sp³-hybridized carbons (Fsp3) is 0.588. The van der Waals surface area contributed by atoms with Crippen LogP contribution < -0.4 is 20.5 Å². The van der Waals surface area contributed by atoms with Gasteiger partial charge in [0.2, 0.25) is 0 Å². The lowest BCUT2D eigenvalue weighted by Crippen LogP contribution is -2.28. The zero-order valence-electron chi connectivity index (χ0n) is 14.3. The van der Waals surface area contributed by atoms with E-state index in [0.717, 1.165) is 19.3 Å². The summed E-state index contributed by atoms with van der Waals surface area (Å²) in [5, 5.41) is 2.86. The first-order chi connectivity index (χ1) is 10.6. The molecule has 1 unspecified atom stereocenters. The Labute approximate surface area is 145 Å². The molecular weight excluding hydrogens is 316 g/mol. The topological polar surface area (TPSA) is 73.6 Å². The lowest BCUT2D eigenvalue weighted by molar-refractivity contribution is 0.0952. The zero-order chi connectivity index (χ0) is 16.4. The Balaban J connectivity index is 0.00000484. The molecule has 0 bridgehead atoms. The third-order valence-corrected chi connectivity index (χ3v) is 3.15. The van der Waals surface area contributed by atoms with Crippen molar-refractivity contribution in [3.8, 4) is 11.5 Å². The van der Waals surface area contributed by atoms with Gasteiger partial charge in [-0.3, -0.25) is 4.79 Å². The highest BCUT2D eigenvalue weighted by Crippen LogP contribution is 2.28. The van der Waals surface area contributed by atoms with E-state index in [9.17, 15) is 4.79 Å². The molecule has 0 heterocycles. The molecule has 1 amide bonds. The number of halogens is 1. The molecule has 132 valence electrons. The van der Waals surface area contributed by atoms with Crippen molar-refractivity contribution in [2.75, 3.05) is 19.8 Å². The number of ether oxygens (including phenoxy) is 2. The van der Waals surface area contributed by atoms with E-state index < -0.39 is 0 Å². The number of carbonyl (C=O) groups is 1. The van der Waals surface area contributed by atoms with Crippen LogP contribution in [0.3, 0.4) is 0 Å². The number of unbranched alkanes of at least 4 members (excludes halogenated alkanes) is 1. The fourth-order valence-corrected chi connectivity index (χ4v) is 1.88. The Morgan fingerprint density at radius 3 is 2.61 bits per heavy atom. The molecule has 0 radical (unpaired) electrons. The normalized spacial score (nSPS) is 11.3. The molecule has 1 aromatic carbocycles. The van der Waals surface area contributed by atoms with Gasteiger partial charge in [-0.05, 0) is 44.9 Å². The number of hydrogen-bond donors (Lipinski definition) is 2. The summed E-state index contributed by atoms with van der Waals surface area (Å²) in [4.78, 5) is 12.1. The van der Waals surface area contributed by atoms with Gasteiger partial charge >= 0.3 is 0 Å². The van der Waals surface area contributed by atoms with Crippen molar-refractivity contribution >= 4 is 18.3 Å². The van der Waals surface area contributed by atoms with Crippen molar-refractivity contribution in [3.05, 3.63) is 23.8 Å². The van der Waals surface area contributed by atoms with E-state index in [0.29, 0.717) is 36.8 Å². The van der Waals surface area contributed by atoms with Gasteiger partial charge in [-0.2, -0.15) is 0 Å². The standard InChI is InChI=1S/C17H28N2O3.ClH/c1-4-6-11-22-15-8-7-14(12-16(15)21-5-2)17(20)19-10-9-13(3)18;/h7-8,12-13H,4-6,9-11,18H2,1-3H3,(H,19,20);1H. The van der Waals surface area contributed by atoms with Gasteiger partial charge in [0.25, 0.3) is 5.91 Å². The van der Waals surface area contributed by atoms with Gasteiger partial charge in [-0.1, -0.05) is 13.3 Å². The van der Waals surface area contributed by atoms with Gasteiger partial charge in [0.05, 0.1) is 13.2 Å². The van der Waals surface area contributed by atoms with Gasteiger partial charge in [0.1, 0.15) is 0 Å². The third kappa shape index (κ3) is 8.09. The van der Waals surface area contributed by atoms with Crippen LogP contribution in [0.25, 0.3) is 0 Å². The van der Waals surface area contributed by atoms with Crippen molar-refractivity contribution in [2.24, 2.45) is 5.73 Å². The molecule has 0 fully saturated rings. The Hall–Kier alpha value is -1.46. The average Bonchev–Trinajstić information content (AvgIpc) is 2.48. The quantitative estimate of drug-likeness (QED) is 0.639. The molecule has 1 rings (SSSR count). The second kappa shape index (κ2) is 12.0. The van der Waals surface area contributed by atoms with Crippen LogP contribution in [0, 0.1) is 0 Å². The van der Waals surface area contributed by atoms with Crippen molar-refractivity contribution in [1.29, 1.82) is 0 Å². The molecular formula is C17H29ClN2O3. The number of rotatable bonds is 10. The monoisotopic (exact) mass is 344 g/mol. The van der Waals surface area contributed by atoms with Crippen LogP contribution in [0.1, 0.15) is 50.4 Å². The smallest absolute Gasteiger partial charge is 0.251 e. The molecule has 0 aliphatic carbocycles. The number of nitrogens with two attached hydrogens (primary N) is 1. The number of hydrogen-bond acceptors (Lipinski definition) is 4. The molecule has 0 spiro atoms.